The Morgan fingerprint density at radius 1 is 1.00 bits per heavy atom. The van der Waals surface area contributed by atoms with Crippen molar-refractivity contribution < 1.29 is 33.8 Å². The number of nitriles is 1. The van der Waals surface area contributed by atoms with Crippen LogP contribution in [-0.4, -0.2) is 102 Å². The summed E-state index contributed by atoms with van der Waals surface area (Å²) in [7, 11) is 0. The van der Waals surface area contributed by atoms with E-state index >= 15 is 0 Å². The van der Waals surface area contributed by atoms with E-state index < -0.39 is 35.4 Å². The van der Waals surface area contributed by atoms with Gasteiger partial charge in [0.25, 0.3) is 5.91 Å². The van der Waals surface area contributed by atoms with Gasteiger partial charge in [0.15, 0.2) is 0 Å². The van der Waals surface area contributed by atoms with Gasteiger partial charge in [-0.1, -0.05) is 84.3 Å². The number of β-amino-alcohol motifs (C(OH)–C–C–N with tert-alkyl or cyclic N) is 1. The third-order valence-corrected chi connectivity index (χ3v) is 15.4. The molecule has 16 heteroatoms. The van der Waals surface area contributed by atoms with Gasteiger partial charge in [-0.15, -0.1) is 11.3 Å². The Bertz CT molecular complexity index is 2510. The van der Waals surface area contributed by atoms with Crippen LogP contribution in [0.4, 0.5) is 5.69 Å². The van der Waals surface area contributed by atoms with Crippen molar-refractivity contribution in [3.05, 3.63) is 99.6 Å². The fourth-order valence-corrected chi connectivity index (χ4v) is 11.5. The Hall–Kier alpha value is -5.53. The van der Waals surface area contributed by atoms with E-state index in [1.807, 2.05) is 81.7 Å². The summed E-state index contributed by atoms with van der Waals surface area (Å²) in [5, 5.41) is 29.3. The molecule has 3 atom stereocenters. The number of ether oxygens (including phenoxy) is 2. The Labute approximate surface area is 415 Å². The molecule has 0 bridgehead atoms. The predicted molar refractivity (Wildman–Crippen MR) is 268 cm³/mol. The molecule has 4 aromatic rings. The molecule has 14 nitrogen and oxygen atoms in total. The maximum atomic E-state index is 14.1. The first-order chi connectivity index (χ1) is 32.7. The fourth-order valence-electron chi connectivity index (χ4n) is 10.5. The first-order valence-electron chi connectivity index (χ1n) is 23.8. The molecule has 4 N–H and O–H groups in total. The molecule has 2 aliphatic heterocycles. The lowest BCUT2D eigenvalue weighted by molar-refractivity contribution is -0.164. The summed E-state index contributed by atoms with van der Waals surface area (Å²) in [5.41, 5.74) is 5.33. The minimum absolute atomic E-state index is 0.00398. The number of hydrogen-bond acceptors (Lipinski definition) is 11. The SMILES string of the molecule is Cc1ncsc1-c1ccc(CNC(=O)[C@@H]2C[C@@H](O)CN2C(=O)[C@@H](NC(=O)COCCC2CCN(c3ccc(C(=O)N[C@H]4C(C)(C)[C@H](Oc5ccc(C#N)c(Cl)c5)C4(C)C)cc3)CC2)C(C)(C)C)cc1. The minimum atomic E-state index is -0.942. The fraction of sp³-hybridized carbons (Fsp3) is 0.509. The van der Waals surface area contributed by atoms with Crippen LogP contribution in [0.1, 0.15) is 101 Å². The zero-order valence-corrected chi connectivity index (χ0v) is 42.5. The number of anilines is 1. The van der Waals surface area contributed by atoms with Crippen molar-refractivity contribution in [1.29, 1.82) is 5.26 Å². The highest BCUT2D eigenvalue weighted by Gasteiger charge is 2.64. The van der Waals surface area contributed by atoms with Gasteiger partial charge in [-0.25, -0.2) is 4.98 Å². The minimum Gasteiger partial charge on any atom is -0.489 e. The number of benzene rings is 3. The van der Waals surface area contributed by atoms with E-state index in [0.717, 1.165) is 59.7 Å². The van der Waals surface area contributed by atoms with Gasteiger partial charge in [0.05, 0.1) is 32.8 Å². The van der Waals surface area contributed by atoms with Gasteiger partial charge in [-0.3, -0.25) is 19.2 Å². The Morgan fingerprint density at radius 3 is 2.29 bits per heavy atom. The smallest absolute Gasteiger partial charge is 0.251 e. The molecule has 2 saturated heterocycles. The van der Waals surface area contributed by atoms with E-state index in [2.05, 4.69) is 59.6 Å². The number of nitrogens with one attached hydrogen (secondary N) is 3. The lowest BCUT2D eigenvalue weighted by Crippen LogP contribution is -2.74. The van der Waals surface area contributed by atoms with Crippen molar-refractivity contribution in [3.63, 3.8) is 0 Å². The number of nitrogens with zero attached hydrogens (tertiary/aromatic N) is 4. The molecule has 3 fully saturated rings. The van der Waals surface area contributed by atoms with Crippen molar-refractivity contribution in [3.8, 4) is 22.3 Å². The maximum absolute atomic E-state index is 14.1. The molecule has 7 rings (SSSR count). The van der Waals surface area contributed by atoms with Gasteiger partial charge >= 0.3 is 0 Å². The van der Waals surface area contributed by atoms with Crippen molar-refractivity contribution in [2.24, 2.45) is 22.2 Å². The number of amides is 4. The third kappa shape index (κ3) is 11.7. The Balaban J connectivity index is 0.823. The molecule has 1 saturated carbocycles. The monoisotopic (exact) mass is 979 g/mol. The quantitative estimate of drug-likeness (QED) is 0.0812. The van der Waals surface area contributed by atoms with E-state index in [1.54, 1.807) is 29.5 Å². The van der Waals surface area contributed by atoms with Crippen LogP contribution in [0.2, 0.25) is 5.02 Å². The standard InChI is InChI=1S/C53H66ClN7O7S/c1-32-44(69-31-57-32)35-11-9-34(10-12-35)28-56-47(65)42-25-39(62)29-61(42)48(66)45(51(2,3)4)58-43(63)30-67-24-21-33-19-22-60(23-20-33)38-16-13-36(14-17-38)46(64)59-49-52(5,6)50(53(49,7)8)68-40-18-15-37(27-55)41(54)26-40/h9-18,26,31,33,39,42,45,49-50,62H,19-25,28-30H2,1-8H3,(H,56,65)(H,58,63)(H,59,64)/t39-,42+,45-,49-,50-/m1/s1. The zero-order valence-electron chi connectivity index (χ0n) is 40.9. The molecule has 368 valence electrons. The van der Waals surface area contributed by atoms with Crippen molar-refractivity contribution in [1.82, 2.24) is 25.8 Å². The maximum Gasteiger partial charge on any atom is 0.251 e. The molecular weight excluding hydrogens is 914 g/mol. The van der Waals surface area contributed by atoms with Crippen molar-refractivity contribution in [2.45, 2.75) is 118 Å². The van der Waals surface area contributed by atoms with E-state index in [9.17, 15) is 29.5 Å². The topological polar surface area (TPSA) is 186 Å². The predicted octanol–water partition coefficient (Wildman–Crippen LogP) is 7.69. The molecule has 0 radical (unpaired) electrons. The lowest BCUT2D eigenvalue weighted by Gasteiger charge is -2.63. The van der Waals surface area contributed by atoms with E-state index in [-0.39, 0.29) is 60.9 Å². The summed E-state index contributed by atoms with van der Waals surface area (Å²) >= 11 is 7.84. The average molecular weight is 981 g/mol. The third-order valence-electron chi connectivity index (χ3n) is 14.2. The van der Waals surface area contributed by atoms with Gasteiger partial charge in [-0.05, 0) is 85.0 Å². The van der Waals surface area contributed by atoms with Crippen LogP contribution < -0.4 is 25.6 Å². The van der Waals surface area contributed by atoms with Gasteiger partial charge < -0.3 is 40.3 Å². The summed E-state index contributed by atoms with van der Waals surface area (Å²) in [6, 6.07) is 20.8. The van der Waals surface area contributed by atoms with Crippen LogP contribution in [-0.2, 0) is 25.7 Å². The molecule has 69 heavy (non-hydrogen) atoms. The molecule has 0 unspecified atom stereocenters. The highest BCUT2D eigenvalue weighted by molar-refractivity contribution is 7.13. The number of likely N-dealkylation sites (tertiary alicyclic amines) is 1. The zero-order chi connectivity index (χ0) is 49.8. The van der Waals surface area contributed by atoms with Gasteiger partial charge in [0, 0.05) is 73.4 Å². The number of aliphatic hydroxyl groups is 1. The molecule has 3 aliphatic rings. The number of carbonyl (C=O) groups excluding carboxylic acids is 4. The van der Waals surface area contributed by atoms with E-state index in [0.29, 0.717) is 34.4 Å². The number of aliphatic hydroxyl groups excluding tert-OH is 1. The number of hydrogen-bond donors (Lipinski definition) is 4. The summed E-state index contributed by atoms with van der Waals surface area (Å²) < 4.78 is 12.2. The van der Waals surface area contributed by atoms with Crippen LogP contribution in [0.15, 0.2) is 72.2 Å². The molecule has 1 aromatic heterocycles. The van der Waals surface area contributed by atoms with Crippen LogP contribution in [0.25, 0.3) is 10.4 Å². The van der Waals surface area contributed by atoms with E-state index in [4.69, 9.17) is 21.1 Å². The summed E-state index contributed by atoms with van der Waals surface area (Å²) in [6.07, 6.45) is 1.75. The second-order valence-corrected chi connectivity index (χ2v) is 22.3. The van der Waals surface area contributed by atoms with Gasteiger partial charge in [0.1, 0.15) is 36.6 Å². The second-order valence-electron chi connectivity index (χ2n) is 21.1. The normalized spacial score (nSPS) is 21.4. The molecule has 4 amide bonds. The number of aryl methyl sites for hydroxylation is 1. The van der Waals surface area contributed by atoms with Crippen molar-refractivity contribution >= 4 is 52.3 Å². The summed E-state index contributed by atoms with van der Waals surface area (Å²) in [6.45, 7) is 18.0. The Kier molecular flexibility index (Phi) is 15.8. The highest BCUT2D eigenvalue weighted by atomic mass is 35.5. The van der Waals surface area contributed by atoms with Gasteiger partial charge in [0.2, 0.25) is 17.7 Å². The lowest BCUT2D eigenvalue weighted by atomic mass is 9.49. The number of rotatable bonds is 16. The average Bonchev–Trinajstić information content (AvgIpc) is 3.94. The summed E-state index contributed by atoms with van der Waals surface area (Å²) in [5.74, 6) is -0.333. The largest absolute Gasteiger partial charge is 0.489 e. The van der Waals surface area contributed by atoms with Crippen LogP contribution in [0.3, 0.4) is 0 Å². The van der Waals surface area contributed by atoms with Crippen LogP contribution in [0, 0.1) is 40.4 Å². The van der Waals surface area contributed by atoms with Crippen molar-refractivity contribution in [2.75, 3.05) is 37.7 Å². The van der Waals surface area contributed by atoms with Crippen LogP contribution in [0.5, 0.6) is 5.75 Å². The molecule has 1 aliphatic carbocycles. The first kappa shape index (κ1) is 51.3. The molecule has 0 spiro atoms. The number of aromatic nitrogens is 1. The molecule has 3 aromatic carbocycles. The number of halogens is 1. The number of piperidine rings is 1. The molecule has 3 heterocycles. The number of thiazole rings is 1. The molecular formula is C53H66ClN7O7S. The van der Waals surface area contributed by atoms with E-state index in [1.165, 1.54) is 4.90 Å². The van der Waals surface area contributed by atoms with Crippen LogP contribution >= 0.6 is 22.9 Å². The van der Waals surface area contributed by atoms with Gasteiger partial charge in [-0.2, -0.15) is 5.26 Å². The highest BCUT2D eigenvalue weighted by Crippen LogP contribution is 2.55. The Morgan fingerprint density at radius 2 is 1.68 bits per heavy atom. The second kappa shape index (κ2) is 21.2. The summed E-state index contributed by atoms with van der Waals surface area (Å²) in [4.78, 5) is 63.4. The first-order valence-corrected chi connectivity index (χ1v) is 25.1. The number of carbonyl (C=O) groups is 4.